The molecule has 0 atom stereocenters. The first kappa shape index (κ1) is 14.0. The molecule has 0 spiro atoms. The maximum absolute atomic E-state index is 10.9. The van der Waals surface area contributed by atoms with Crippen molar-refractivity contribution in [2.75, 3.05) is 30.4 Å². The second-order valence-electron chi connectivity index (χ2n) is 4.23. The van der Waals surface area contributed by atoms with E-state index in [0.29, 0.717) is 18.8 Å². The largest absolute Gasteiger partial charge is 0.397 e. The maximum Gasteiger partial charge on any atom is 0.208 e. The quantitative estimate of drug-likeness (QED) is 0.568. The van der Waals surface area contributed by atoms with E-state index in [2.05, 4.69) is 15.0 Å². The van der Waals surface area contributed by atoms with Gasteiger partial charge in [-0.3, -0.25) is 0 Å². The minimum absolute atomic E-state index is 0.312. The topological polar surface area (TPSA) is 97.1 Å². The smallest absolute Gasteiger partial charge is 0.208 e. The minimum Gasteiger partial charge on any atom is -0.397 e. The van der Waals surface area contributed by atoms with Crippen molar-refractivity contribution in [2.45, 2.75) is 6.92 Å². The molecule has 0 fully saturated rings. The van der Waals surface area contributed by atoms with E-state index in [1.807, 2.05) is 19.1 Å². The zero-order chi connectivity index (χ0) is 14.0. The van der Waals surface area contributed by atoms with E-state index in [9.17, 15) is 8.42 Å². The highest BCUT2D eigenvalue weighted by molar-refractivity contribution is 7.88. The number of rotatable bonds is 5. The van der Waals surface area contributed by atoms with E-state index in [0.717, 1.165) is 27.2 Å². The number of aryl methyl sites for hydroxylation is 1. The van der Waals surface area contributed by atoms with Gasteiger partial charge in [0.05, 0.1) is 32.9 Å². The summed E-state index contributed by atoms with van der Waals surface area (Å²) in [4.78, 5) is 4.39. The Labute approximate surface area is 116 Å². The Morgan fingerprint density at radius 3 is 2.79 bits per heavy atom. The van der Waals surface area contributed by atoms with Crippen LogP contribution in [-0.2, 0) is 10.0 Å². The summed E-state index contributed by atoms with van der Waals surface area (Å²) >= 11 is 1.60. The molecular formula is C11H16N4O2S2. The molecule has 6 nitrogen and oxygen atoms in total. The Balaban J connectivity index is 2.06. The molecule has 2 aromatic rings. The van der Waals surface area contributed by atoms with E-state index in [-0.39, 0.29) is 0 Å². The molecule has 0 aliphatic heterocycles. The first-order valence-electron chi connectivity index (χ1n) is 5.70. The highest BCUT2D eigenvalue weighted by Crippen LogP contribution is 2.29. The first-order chi connectivity index (χ1) is 8.85. The van der Waals surface area contributed by atoms with Gasteiger partial charge in [-0.1, -0.05) is 0 Å². The molecule has 1 aromatic heterocycles. The molecule has 2 rings (SSSR count). The average molecular weight is 300 g/mol. The predicted octanol–water partition coefficient (Wildman–Crippen LogP) is 1.15. The number of hydrogen-bond donors (Lipinski definition) is 3. The highest BCUT2D eigenvalue weighted by atomic mass is 32.2. The summed E-state index contributed by atoms with van der Waals surface area (Å²) < 4.78 is 25.3. The number of nitrogens with one attached hydrogen (secondary N) is 2. The van der Waals surface area contributed by atoms with E-state index in [1.165, 1.54) is 0 Å². The van der Waals surface area contributed by atoms with Crippen molar-refractivity contribution < 1.29 is 8.42 Å². The molecule has 0 radical (unpaired) electrons. The summed E-state index contributed by atoms with van der Waals surface area (Å²) in [6.45, 7) is 2.72. The summed E-state index contributed by atoms with van der Waals surface area (Å²) in [5.74, 6) is 0. The van der Waals surface area contributed by atoms with Gasteiger partial charge in [0.1, 0.15) is 0 Å². The molecule has 0 aliphatic rings. The van der Waals surface area contributed by atoms with Gasteiger partial charge >= 0.3 is 0 Å². The molecule has 0 unspecified atom stereocenters. The number of thiazole rings is 1. The molecule has 4 N–H and O–H groups in total. The third kappa shape index (κ3) is 3.79. The van der Waals surface area contributed by atoms with Crippen LogP contribution in [0.2, 0.25) is 0 Å². The second kappa shape index (κ2) is 5.32. The summed E-state index contributed by atoms with van der Waals surface area (Å²) in [7, 11) is -3.15. The van der Waals surface area contributed by atoms with Gasteiger partial charge in [-0.2, -0.15) is 0 Å². The molecule has 0 saturated heterocycles. The van der Waals surface area contributed by atoms with Crippen LogP contribution in [0.4, 0.5) is 11.4 Å². The van der Waals surface area contributed by atoms with Crippen molar-refractivity contribution in [3.8, 4) is 0 Å². The highest BCUT2D eigenvalue weighted by Gasteiger charge is 2.06. The minimum atomic E-state index is -3.15. The number of nitrogens with two attached hydrogens (primary N) is 1. The van der Waals surface area contributed by atoms with Crippen molar-refractivity contribution >= 4 is 43.0 Å². The summed E-state index contributed by atoms with van der Waals surface area (Å²) in [5, 5.41) is 4.09. The van der Waals surface area contributed by atoms with Gasteiger partial charge in [0.2, 0.25) is 10.0 Å². The van der Waals surface area contributed by atoms with Gasteiger partial charge in [0.15, 0.2) is 0 Å². The molecule has 0 amide bonds. The van der Waals surface area contributed by atoms with Crippen LogP contribution in [0.1, 0.15) is 5.01 Å². The van der Waals surface area contributed by atoms with Crippen LogP contribution >= 0.6 is 11.3 Å². The van der Waals surface area contributed by atoms with Crippen LogP contribution in [0.15, 0.2) is 12.1 Å². The third-order valence-electron chi connectivity index (χ3n) is 2.47. The Morgan fingerprint density at radius 1 is 1.37 bits per heavy atom. The zero-order valence-corrected chi connectivity index (χ0v) is 12.4. The lowest BCUT2D eigenvalue weighted by atomic mass is 10.2. The number of benzene rings is 1. The van der Waals surface area contributed by atoms with Gasteiger partial charge in [0, 0.05) is 13.1 Å². The van der Waals surface area contributed by atoms with E-state index >= 15 is 0 Å². The molecule has 0 saturated carbocycles. The van der Waals surface area contributed by atoms with Crippen molar-refractivity contribution in [2.24, 2.45) is 0 Å². The molecular weight excluding hydrogens is 284 g/mol. The predicted molar refractivity (Wildman–Crippen MR) is 80.1 cm³/mol. The zero-order valence-electron chi connectivity index (χ0n) is 10.7. The standard InChI is InChI=1S/C11H16N4O2S2/c1-7-15-10-6-9(8(12)5-11(10)18-7)13-3-4-14-19(2,16)17/h5-6,13-14H,3-4,12H2,1-2H3. The molecule has 1 heterocycles. The molecule has 0 bridgehead atoms. The Kier molecular flexibility index (Phi) is 3.93. The average Bonchev–Trinajstić information content (AvgIpc) is 2.62. The van der Waals surface area contributed by atoms with Crippen LogP contribution in [0.3, 0.4) is 0 Å². The van der Waals surface area contributed by atoms with Crippen LogP contribution in [0, 0.1) is 6.92 Å². The lowest BCUT2D eigenvalue weighted by molar-refractivity contribution is 0.589. The summed E-state index contributed by atoms with van der Waals surface area (Å²) in [5.41, 5.74) is 8.25. The third-order valence-corrected chi connectivity index (χ3v) is 4.13. The number of nitrogen functional groups attached to an aromatic ring is 1. The van der Waals surface area contributed by atoms with Crippen molar-refractivity contribution in [3.63, 3.8) is 0 Å². The number of nitrogens with zero attached hydrogens (tertiary/aromatic N) is 1. The fraction of sp³-hybridized carbons (Fsp3) is 0.364. The Hall–Kier alpha value is -1.38. The molecule has 1 aromatic carbocycles. The van der Waals surface area contributed by atoms with Gasteiger partial charge in [-0.15, -0.1) is 11.3 Å². The number of fused-ring (bicyclic) bond motifs is 1. The fourth-order valence-corrected chi connectivity index (χ4v) is 3.02. The maximum atomic E-state index is 10.9. The van der Waals surface area contributed by atoms with Gasteiger partial charge in [0.25, 0.3) is 0 Å². The SMILES string of the molecule is Cc1nc2cc(NCCNS(C)(=O)=O)c(N)cc2s1. The summed E-state index contributed by atoms with van der Waals surface area (Å²) in [6, 6.07) is 3.76. The Bertz CT molecular complexity index is 694. The molecule has 19 heavy (non-hydrogen) atoms. The number of hydrogen-bond acceptors (Lipinski definition) is 6. The van der Waals surface area contributed by atoms with Gasteiger partial charge in [-0.25, -0.2) is 18.1 Å². The molecule has 0 aliphatic carbocycles. The van der Waals surface area contributed by atoms with Crippen molar-refractivity contribution in [1.82, 2.24) is 9.71 Å². The lowest BCUT2D eigenvalue weighted by Gasteiger charge is -2.09. The van der Waals surface area contributed by atoms with Crippen LogP contribution in [-0.4, -0.2) is 32.7 Å². The second-order valence-corrected chi connectivity index (χ2v) is 7.30. The number of anilines is 2. The number of aromatic nitrogens is 1. The van der Waals surface area contributed by atoms with E-state index in [4.69, 9.17) is 5.73 Å². The van der Waals surface area contributed by atoms with Crippen LogP contribution in [0.5, 0.6) is 0 Å². The van der Waals surface area contributed by atoms with Crippen molar-refractivity contribution in [1.29, 1.82) is 0 Å². The molecule has 8 heteroatoms. The first-order valence-corrected chi connectivity index (χ1v) is 8.41. The molecule has 104 valence electrons. The normalized spacial score (nSPS) is 11.9. The lowest BCUT2D eigenvalue weighted by Crippen LogP contribution is -2.27. The fourth-order valence-electron chi connectivity index (χ4n) is 1.69. The van der Waals surface area contributed by atoms with E-state index < -0.39 is 10.0 Å². The van der Waals surface area contributed by atoms with E-state index in [1.54, 1.807) is 11.3 Å². The van der Waals surface area contributed by atoms with Gasteiger partial charge in [-0.05, 0) is 19.1 Å². The number of sulfonamides is 1. The van der Waals surface area contributed by atoms with Crippen LogP contribution in [0.25, 0.3) is 10.2 Å². The Morgan fingerprint density at radius 2 is 2.11 bits per heavy atom. The van der Waals surface area contributed by atoms with Crippen LogP contribution < -0.4 is 15.8 Å². The summed E-state index contributed by atoms with van der Waals surface area (Å²) in [6.07, 6.45) is 1.13. The van der Waals surface area contributed by atoms with Gasteiger partial charge < -0.3 is 11.1 Å². The monoisotopic (exact) mass is 300 g/mol. The van der Waals surface area contributed by atoms with Crippen molar-refractivity contribution in [3.05, 3.63) is 17.1 Å².